The predicted molar refractivity (Wildman–Crippen MR) is 71.5 cm³/mol. The Morgan fingerprint density at radius 2 is 1.78 bits per heavy atom. The Hall–Kier alpha value is -1.84. The van der Waals surface area contributed by atoms with Crippen molar-refractivity contribution in [2.45, 2.75) is 6.10 Å². The normalized spacial score (nSPS) is 12.1. The lowest BCUT2D eigenvalue weighted by Gasteiger charge is -2.13. The number of rotatable bonds is 5. The van der Waals surface area contributed by atoms with Crippen molar-refractivity contribution in [3.05, 3.63) is 60.2 Å². The summed E-state index contributed by atoms with van der Waals surface area (Å²) in [4.78, 5) is 0. The number of hydrogen-bond acceptors (Lipinski definition) is 2. The summed E-state index contributed by atoms with van der Waals surface area (Å²) in [6.45, 7) is -0.273. The maximum absolute atomic E-state index is 11.0. The van der Waals surface area contributed by atoms with Gasteiger partial charge in [0.15, 0.2) is 0 Å². The highest BCUT2D eigenvalue weighted by atomic mass is 16.5. The summed E-state index contributed by atoms with van der Waals surface area (Å²) in [5, 5.41) is 14.3. The van der Waals surface area contributed by atoms with Crippen molar-refractivity contribution in [3.63, 3.8) is 0 Å². The molecule has 1 atom stereocenters. The van der Waals surface area contributed by atoms with Gasteiger partial charge in [0.1, 0.15) is 12.7 Å². The molecule has 0 aliphatic carbocycles. The third kappa shape index (κ3) is 3.09. The summed E-state index contributed by atoms with van der Waals surface area (Å²) in [7, 11) is 1.56. The number of nitrogens with one attached hydrogen (secondary N) is 1. The molecule has 3 heteroatoms. The van der Waals surface area contributed by atoms with Gasteiger partial charge in [0, 0.05) is 18.5 Å². The first-order valence-electron chi connectivity index (χ1n) is 5.86. The van der Waals surface area contributed by atoms with Crippen molar-refractivity contribution >= 4 is 11.4 Å². The van der Waals surface area contributed by atoms with Gasteiger partial charge in [0.25, 0.3) is 0 Å². The standard InChI is InChI=1S/C15H16NO2/c1-18-15(11-17)12-6-5-9-14(10-12)16-13-7-3-2-4-8-13/h2-10,15-16H,11H2,1H3. The summed E-state index contributed by atoms with van der Waals surface area (Å²) in [5.74, 6) is 0. The Morgan fingerprint density at radius 3 is 2.44 bits per heavy atom. The second-order valence-corrected chi connectivity index (χ2v) is 4.01. The zero-order valence-corrected chi connectivity index (χ0v) is 10.3. The Bertz CT molecular complexity index is 481. The van der Waals surface area contributed by atoms with Crippen molar-refractivity contribution in [2.24, 2.45) is 0 Å². The Balaban J connectivity index is 2.17. The molecular weight excluding hydrogens is 226 g/mol. The molecule has 0 fully saturated rings. The molecule has 0 aromatic heterocycles. The molecule has 2 aromatic rings. The number of para-hydroxylation sites is 1. The van der Waals surface area contributed by atoms with E-state index in [9.17, 15) is 5.11 Å². The SMILES string of the molecule is COC(C[O])c1cccc(Nc2ccccc2)c1. The lowest BCUT2D eigenvalue weighted by Crippen LogP contribution is -2.05. The van der Waals surface area contributed by atoms with Crippen LogP contribution in [-0.2, 0) is 9.84 Å². The summed E-state index contributed by atoms with van der Waals surface area (Å²) in [6, 6.07) is 17.6. The van der Waals surface area contributed by atoms with Crippen LogP contribution in [0.15, 0.2) is 54.6 Å². The monoisotopic (exact) mass is 242 g/mol. The van der Waals surface area contributed by atoms with E-state index in [2.05, 4.69) is 5.32 Å². The van der Waals surface area contributed by atoms with Gasteiger partial charge in [-0.3, -0.25) is 0 Å². The van der Waals surface area contributed by atoms with Crippen LogP contribution < -0.4 is 5.32 Å². The van der Waals surface area contributed by atoms with Crippen LogP contribution in [0.25, 0.3) is 0 Å². The number of methoxy groups -OCH3 is 1. The van der Waals surface area contributed by atoms with E-state index in [1.165, 1.54) is 0 Å². The largest absolute Gasteiger partial charge is 0.374 e. The van der Waals surface area contributed by atoms with Crippen LogP contribution in [0, 0.1) is 0 Å². The van der Waals surface area contributed by atoms with Crippen molar-refractivity contribution in [3.8, 4) is 0 Å². The van der Waals surface area contributed by atoms with Crippen molar-refractivity contribution in [2.75, 3.05) is 19.0 Å². The smallest absolute Gasteiger partial charge is 0.113 e. The van der Waals surface area contributed by atoms with E-state index in [-0.39, 0.29) is 12.7 Å². The van der Waals surface area contributed by atoms with Crippen LogP contribution in [0.2, 0.25) is 0 Å². The fraction of sp³-hybridized carbons (Fsp3) is 0.200. The van der Waals surface area contributed by atoms with Crippen molar-refractivity contribution < 1.29 is 9.84 Å². The van der Waals surface area contributed by atoms with Gasteiger partial charge in [-0.1, -0.05) is 30.3 Å². The Morgan fingerprint density at radius 1 is 1.06 bits per heavy atom. The van der Waals surface area contributed by atoms with Gasteiger partial charge in [-0.2, -0.15) is 0 Å². The maximum Gasteiger partial charge on any atom is 0.113 e. The molecule has 93 valence electrons. The second kappa shape index (κ2) is 6.19. The van der Waals surface area contributed by atoms with Crippen molar-refractivity contribution in [1.82, 2.24) is 0 Å². The van der Waals surface area contributed by atoms with Crippen LogP contribution in [0.3, 0.4) is 0 Å². The molecule has 1 N–H and O–H groups in total. The number of ether oxygens (including phenoxy) is 1. The second-order valence-electron chi connectivity index (χ2n) is 4.01. The highest BCUT2D eigenvalue weighted by molar-refractivity contribution is 5.60. The van der Waals surface area contributed by atoms with Crippen LogP contribution >= 0.6 is 0 Å². The Kier molecular flexibility index (Phi) is 4.34. The number of benzene rings is 2. The minimum Gasteiger partial charge on any atom is -0.374 e. The van der Waals surface area contributed by atoms with Crippen LogP contribution in [0.1, 0.15) is 11.7 Å². The topological polar surface area (TPSA) is 41.2 Å². The van der Waals surface area contributed by atoms with E-state index in [1.807, 2.05) is 54.6 Å². The van der Waals surface area contributed by atoms with Crippen LogP contribution in [0.4, 0.5) is 11.4 Å². The first kappa shape index (κ1) is 12.6. The zero-order chi connectivity index (χ0) is 12.8. The highest BCUT2D eigenvalue weighted by Gasteiger charge is 2.09. The molecule has 0 spiro atoms. The number of anilines is 2. The fourth-order valence-electron chi connectivity index (χ4n) is 1.81. The molecule has 18 heavy (non-hydrogen) atoms. The summed E-state index contributed by atoms with van der Waals surface area (Å²) < 4.78 is 5.15. The van der Waals surface area contributed by atoms with Gasteiger partial charge in [-0.15, -0.1) is 0 Å². The molecule has 0 amide bonds. The van der Waals surface area contributed by atoms with Gasteiger partial charge >= 0.3 is 0 Å². The van der Waals surface area contributed by atoms with Gasteiger partial charge < -0.3 is 10.1 Å². The van der Waals surface area contributed by atoms with Gasteiger partial charge in [0.2, 0.25) is 0 Å². The molecule has 0 bridgehead atoms. The summed E-state index contributed by atoms with van der Waals surface area (Å²) in [6.07, 6.45) is -0.387. The quantitative estimate of drug-likeness (QED) is 0.871. The number of hydrogen-bond donors (Lipinski definition) is 1. The van der Waals surface area contributed by atoms with E-state index >= 15 is 0 Å². The molecule has 2 aromatic carbocycles. The molecule has 0 saturated heterocycles. The van der Waals surface area contributed by atoms with Crippen molar-refractivity contribution in [1.29, 1.82) is 0 Å². The van der Waals surface area contributed by atoms with E-state index in [0.717, 1.165) is 16.9 Å². The molecule has 3 nitrogen and oxygen atoms in total. The first-order valence-corrected chi connectivity index (χ1v) is 5.86. The molecule has 0 aliphatic rings. The Labute approximate surface area is 107 Å². The minimum atomic E-state index is -0.387. The molecule has 2 rings (SSSR count). The van der Waals surface area contributed by atoms with Gasteiger partial charge in [0.05, 0.1) is 0 Å². The molecular formula is C15H16NO2. The summed E-state index contributed by atoms with van der Waals surface area (Å²) in [5.41, 5.74) is 2.87. The van der Waals surface area contributed by atoms with Gasteiger partial charge in [-0.25, -0.2) is 5.11 Å². The molecule has 1 radical (unpaired) electrons. The van der Waals surface area contributed by atoms with E-state index in [4.69, 9.17) is 4.74 Å². The average Bonchev–Trinajstić information content (AvgIpc) is 2.42. The van der Waals surface area contributed by atoms with E-state index < -0.39 is 0 Å². The summed E-state index contributed by atoms with van der Waals surface area (Å²) >= 11 is 0. The zero-order valence-electron chi connectivity index (χ0n) is 10.3. The van der Waals surface area contributed by atoms with Gasteiger partial charge in [-0.05, 0) is 29.8 Å². The molecule has 1 unspecified atom stereocenters. The first-order chi connectivity index (χ1) is 8.83. The fourth-order valence-corrected chi connectivity index (χ4v) is 1.81. The van der Waals surface area contributed by atoms with Crippen LogP contribution in [-0.4, -0.2) is 13.7 Å². The molecule has 0 aliphatic heterocycles. The molecule has 0 saturated carbocycles. The van der Waals surface area contributed by atoms with E-state index in [1.54, 1.807) is 7.11 Å². The van der Waals surface area contributed by atoms with E-state index in [0.29, 0.717) is 0 Å². The minimum absolute atomic E-state index is 0.273. The lowest BCUT2D eigenvalue weighted by atomic mass is 10.1. The lowest BCUT2D eigenvalue weighted by molar-refractivity contribution is 0.0194. The predicted octanol–water partition coefficient (Wildman–Crippen LogP) is 3.55. The maximum atomic E-state index is 11.0. The van der Waals surface area contributed by atoms with Crippen LogP contribution in [0.5, 0.6) is 0 Å². The third-order valence-electron chi connectivity index (χ3n) is 2.76. The highest BCUT2D eigenvalue weighted by Crippen LogP contribution is 2.22. The third-order valence-corrected chi connectivity index (χ3v) is 2.76. The molecule has 0 heterocycles. The average molecular weight is 242 g/mol.